The zero-order valence-corrected chi connectivity index (χ0v) is 14.4. The highest BCUT2D eigenvalue weighted by Gasteiger charge is 2.43. The summed E-state index contributed by atoms with van der Waals surface area (Å²) in [5, 5.41) is 2.83. The number of unbranched alkanes of at least 4 members (excludes halogenated alkanes) is 3. The van der Waals surface area contributed by atoms with Gasteiger partial charge in [-0.3, -0.25) is 9.59 Å². The van der Waals surface area contributed by atoms with Crippen LogP contribution >= 0.6 is 0 Å². The molecular weight excluding hydrogens is 264 g/mol. The van der Waals surface area contributed by atoms with Crippen LogP contribution in [0, 0.1) is 5.92 Å². The molecule has 0 radical (unpaired) electrons. The number of piperazine rings is 1. The van der Waals surface area contributed by atoms with Crippen molar-refractivity contribution in [3.8, 4) is 0 Å². The minimum absolute atomic E-state index is 0.0121. The van der Waals surface area contributed by atoms with Gasteiger partial charge in [-0.2, -0.15) is 0 Å². The first-order chi connectivity index (χ1) is 9.79. The molecule has 122 valence electrons. The van der Waals surface area contributed by atoms with E-state index in [1.54, 1.807) is 18.7 Å². The average molecular weight is 296 g/mol. The number of amides is 2. The Balaban J connectivity index is 2.46. The molecule has 0 aromatic carbocycles. The number of carbonyl (C=O) groups is 2. The van der Waals surface area contributed by atoms with E-state index in [-0.39, 0.29) is 17.9 Å². The highest BCUT2D eigenvalue weighted by Crippen LogP contribution is 2.21. The lowest BCUT2D eigenvalue weighted by molar-refractivity contribution is -0.153. The van der Waals surface area contributed by atoms with Gasteiger partial charge in [-0.1, -0.05) is 46.5 Å². The Bertz CT molecular complexity index is 364. The third kappa shape index (κ3) is 5.01. The summed E-state index contributed by atoms with van der Waals surface area (Å²) in [5.74, 6) is 0.806. The van der Waals surface area contributed by atoms with E-state index in [0.29, 0.717) is 13.0 Å². The highest BCUT2D eigenvalue weighted by molar-refractivity contribution is 5.99. The van der Waals surface area contributed by atoms with E-state index in [1.165, 1.54) is 19.3 Å². The maximum absolute atomic E-state index is 12.5. The summed E-state index contributed by atoms with van der Waals surface area (Å²) in [5.41, 5.74) is -0.763. The van der Waals surface area contributed by atoms with Crippen molar-refractivity contribution in [1.29, 1.82) is 0 Å². The number of rotatable bonds is 8. The second kappa shape index (κ2) is 7.81. The van der Waals surface area contributed by atoms with Gasteiger partial charge in [0.2, 0.25) is 11.8 Å². The average Bonchev–Trinajstić information content (AvgIpc) is 2.38. The highest BCUT2D eigenvalue weighted by atomic mass is 16.2. The molecule has 1 heterocycles. The Morgan fingerprint density at radius 3 is 2.33 bits per heavy atom. The van der Waals surface area contributed by atoms with Crippen LogP contribution in [0.5, 0.6) is 0 Å². The van der Waals surface area contributed by atoms with E-state index >= 15 is 0 Å². The molecule has 0 aliphatic carbocycles. The van der Waals surface area contributed by atoms with Crippen molar-refractivity contribution >= 4 is 11.8 Å². The summed E-state index contributed by atoms with van der Waals surface area (Å²) in [4.78, 5) is 26.4. The van der Waals surface area contributed by atoms with Crippen LogP contribution in [0.25, 0.3) is 0 Å². The minimum atomic E-state index is -0.763. The lowest BCUT2D eigenvalue weighted by Crippen LogP contribution is -2.68. The standard InChI is InChI=1S/C17H32N2O2/c1-6-14-15(20)18-17(4,5)16(21)19(14)12-10-8-7-9-11-13(2)3/h13-14H,6-12H2,1-5H3,(H,18,20). The molecule has 0 bridgehead atoms. The van der Waals surface area contributed by atoms with Crippen molar-refractivity contribution in [3.05, 3.63) is 0 Å². The molecule has 2 amide bonds. The smallest absolute Gasteiger partial charge is 0.248 e. The molecule has 1 aliphatic heterocycles. The van der Waals surface area contributed by atoms with Crippen LogP contribution in [0.3, 0.4) is 0 Å². The van der Waals surface area contributed by atoms with Crippen molar-refractivity contribution in [1.82, 2.24) is 10.2 Å². The SMILES string of the molecule is CCC1C(=O)NC(C)(C)C(=O)N1CCCCCCC(C)C. The normalized spacial score (nSPS) is 21.8. The van der Waals surface area contributed by atoms with Crippen LogP contribution < -0.4 is 5.32 Å². The number of carbonyl (C=O) groups excluding carboxylic acids is 2. The minimum Gasteiger partial charge on any atom is -0.340 e. The molecule has 0 spiro atoms. The molecule has 1 unspecified atom stereocenters. The second-order valence-electron chi connectivity index (χ2n) is 7.13. The third-order valence-electron chi connectivity index (χ3n) is 4.23. The Labute approximate surface area is 129 Å². The summed E-state index contributed by atoms with van der Waals surface area (Å²) < 4.78 is 0. The van der Waals surface area contributed by atoms with Crippen LogP contribution in [-0.4, -0.2) is 34.8 Å². The van der Waals surface area contributed by atoms with Crippen molar-refractivity contribution in [2.45, 2.75) is 84.7 Å². The number of nitrogens with one attached hydrogen (secondary N) is 1. The van der Waals surface area contributed by atoms with Gasteiger partial charge in [0.25, 0.3) is 0 Å². The summed E-state index contributed by atoms with van der Waals surface area (Å²) in [6.45, 7) is 10.7. The Morgan fingerprint density at radius 2 is 1.76 bits per heavy atom. The zero-order valence-electron chi connectivity index (χ0n) is 14.4. The predicted octanol–water partition coefficient (Wildman–Crippen LogP) is 3.11. The van der Waals surface area contributed by atoms with Crippen molar-refractivity contribution < 1.29 is 9.59 Å². The molecular formula is C17H32N2O2. The van der Waals surface area contributed by atoms with Gasteiger partial charge < -0.3 is 10.2 Å². The molecule has 1 fully saturated rings. The first-order valence-electron chi connectivity index (χ1n) is 8.42. The first kappa shape index (κ1) is 18.0. The molecule has 0 aromatic heterocycles. The van der Waals surface area contributed by atoms with E-state index in [9.17, 15) is 9.59 Å². The number of nitrogens with zero attached hydrogens (tertiary/aromatic N) is 1. The maximum atomic E-state index is 12.5. The quantitative estimate of drug-likeness (QED) is 0.700. The van der Waals surface area contributed by atoms with Crippen LogP contribution in [0.2, 0.25) is 0 Å². The van der Waals surface area contributed by atoms with E-state index in [4.69, 9.17) is 0 Å². The van der Waals surface area contributed by atoms with Gasteiger partial charge in [-0.05, 0) is 32.6 Å². The van der Waals surface area contributed by atoms with Crippen LogP contribution in [0.15, 0.2) is 0 Å². The van der Waals surface area contributed by atoms with Gasteiger partial charge in [0.15, 0.2) is 0 Å². The van der Waals surface area contributed by atoms with E-state index in [2.05, 4.69) is 19.2 Å². The summed E-state index contributed by atoms with van der Waals surface area (Å²) in [6, 6.07) is -0.291. The molecule has 1 saturated heterocycles. The van der Waals surface area contributed by atoms with E-state index in [0.717, 1.165) is 18.8 Å². The van der Waals surface area contributed by atoms with Gasteiger partial charge in [0.05, 0.1) is 0 Å². The molecule has 1 N–H and O–H groups in total. The largest absolute Gasteiger partial charge is 0.340 e. The molecule has 0 saturated carbocycles. The van der Waals surface area contributed by atoms with Crippen LogP contribution in [-0.2, 0) is 9.59 Å². The Morgan fingerprint density at radius 1 is 1.14 bits per heavy atom. The topological polar surface area (TPSA) is 49.4 Å². The molecule has 4 heteroatoms. The fraction of sp³-hybridized carbons (Fsp3) is 0.882. The zero-order chi connectivity index (χ0) is 16.0. The van der Waals surface area contributed by atoms with Gasteiger partial charge >= 0.3 is 0 Å². The molecule has 1 rings (SSSR count). The lowest BCUT2D eigenvalue weighted by atomic mass is 9.95. The van der Waals surface area contributed by atoms with Gasteiger partial charge in [-0.25, -0.2) is 0 Å². The van der Waals surface area contributed by atoms with Crippen molar-refractivity contribution in [2.24, 2.45) is 5.92 Å². The number of hydrogen-bond acceptors (Lipinski definition) is 2. The summed E-state index contributed by atoms with van der Waals surface area (Å²) >= 11 is 0. The van der Waals surface area contributed by atoms with Crippen molar-refractivity contribution in [3.63, 3.8) is 0 Å². The fourth-order valence-corrected chi connectivity index (χ4v) is 2.94. The predicted molar refractivity (Wildman–Crippen MR) is 85.9 cm³/mol. The Hall–Kier alpha value is -1.06. The van der Waals surface area contributed by atoms with Crippen molar-refractivity contribution in [2.75, 3.05) is 6.54 Å². The summed E-state index contributed by atoms with van der Waals surface area (Å²) in [7, 11) is 0. The molecule has 0 aromatic rings. The van der Waals surface area contributed by atoms with Crippen LogP contribution in [0.1, 0.15) is 73.1 Å². The first-order valence-corrected chi connectivity index (χ1v) is 8.42. The lowest BCUT2D eigenvalue weighted by Gasteiger charge is -2.42. The summed E-state index contributed by atoms with van der Waals surface area (Å²) in [6.07, 6.45) is 6.55. The second-order valence-corrected chi connectivity index (χ2v) is 7.13. The molecule has 1 atom stereocenters. The third-order valence-corrected chi connectivity index (χ3v) is 4.23. The van der Waals surface area contributed by atoms with E-state index < -0.39 is 5.54 Å². The number of hydrogen-bond donors (Lipinski definition) is 1. The fourth-order valence-electron chi connectivity index (χ4n) is 2.94. The molecule has 1 aliphatic rings. The van der Waals surface area contributed by atoms with Gasteiger partial charge in [0.1, 0.15) is 11.6 Å². The van der Waals surface area contributed by atoms with Gasteiger partial charge in [-0.15, -0.1) is 0 Å². The monoisotopic (exact) mass is 296 g/mol. The molecule has 21 heavy (non-hydrogen) atoms. The molecule has 4 nitrogen and oxygen atoms in total. The maximum Gasteiger partial charge on any atom is 0.248 e. The van der Waals surface area contributed by atoms with Gasteiger partial charge in [0, 0.05) is 6.54 Å². The van der Waals surface area contributed by atoms with Crippen LogP contribution in [0.4, 0.5) is 0 Å². The van der Waals surface area contributed by atoms with E-state index in [1.807, 2.05) is 6.92 Å². The Kier molecular flexibility index (Phi) is 6.69.